The van der Waals surface area contributed by atoms with Crippen LogP contribution in [0.2, 0.25) is 0 Å². The van der Waals surface area contributed by atoms with E-state index in [9.17, 15) is 4.39 Å². The second-order valence-electron chi connectivity index (χ2n) is 5.21. The lowest BCUT2D eigenvalue weighted by Crippen LogP contribution is -2.25. The van der Waals surface area contributed by atoms with E-state index in [0.717, 1.165) is 16.9 Å². The molecule has 4 heteroatoms. The van der Waals surface area contributed by atoms with Gasteiger partial charge in [-0.15, -0.1) is 0 Å². The zero-order chi connectivity index (χ0) is 13.4. The minimum absolute atomic E-state index is 0.0177. The summed E-state index contributed by atoms with van der Waals surface area (Å²) >= 11 is 0. The van der Waals surface area contributed by atoms with Crippen molar-refractivity contribution in [3.05, 3.63) is 29.8 Å². The van der Waals surface area contributed by atoms with Gasteiger partial charge in [0.05, 0.1) is 11.0 Å². The highest BCUT2D eigenvalue weighted by atomic mass is 19.1. The molecule has 2 unspecified atom stereocenters. The predicted molar refractivity (Wildman–Crippen MR) is 72.1 cm³/mol. The van der Waals surface area contributed by atoms with Gasteiger partial charge in [-0.05, 0) is 39.0 Å². The normalized spacial score (nSPS) is 15.3. The second-order valence-corrected chi connectivity index (χ2v) is 5.21. The molecule has 1 aromatic heterocycles. The number of imidazole rings is 1. The Balaban J connectivity index is 2.69. The van der Waals surface area contributed by atoms with Gasteiger partial charge < -0.3 is 10.3 Å². The summed E-state index contributed by atoms with van der Waals surface area (Å²) in [4.78, 5) is 4.61. The number of hydrogen-bond acceptors (Lipinski definition) is 2. The lowest BCUT2D eigenvalue weighted by Gasteiger charge is -2.20. The average Bonchev–Trinajstić information content (AvgIpc) is 2.65. The zero-order valence-corrected chi connectivity index (χ0v) is 11.3. The molecule has 0 aliphatic heterocycles. The number of nitrogens with two attached hydrogens (primary N) is 1. The Kier molecular flexibility index (Phi) is 3.39. The summed E-state index contributed by atoms with van der Waals surface area (Å²) in [6.07, 6.45) is 0. The van der Waals surface area contributed by atoms with E-state index >= 15 is 0 Å². The van der Waals surface area contributed by atoms with E-state index < -0.39 is 0 Å². The Morgan fingerprint density at radius 2 is 1.89 bits per heavy atom. The number of benzene rings is 1. The molecule has 0 aliphatic carbocycles. The van der Waals surface area contributed by atoms with Crippen LogP contribution in [0, 0.1) is 5.82 Å². The number of fused-ring (bicyclic) bond motifs is 1. The van der Waals surface area contributed by atoms with Gasteiger partial charge in [-0.25, -0.2) is 9.37 Å². The van der Waals surface area contributed by atoms with Crippen molar-refractivity contribution in [1.82, 2.24) is 9.55 Å². The molecule has 2 aromatic rings. The Morgan fingerprint density at radius 3 is 2.44 bits per heavy atom. The molecule has 0 fully saturated rings. The fourth-order valence-corrected chi connectivity index (χ4v) is 2.18. The Bertz CT molecular complexity index is 557. The van der Waals surface area contributed by atoms with E-state index in [1.165, 1.54) is 6.07 Å². The van der Waals surface area contributed by atoms with Crippen LogP contribution in [0.15, 0.2) is 18.2 Å². The molecule has 0 saturated heterocycles. The summed E-state index contributed by atoms with van der Waals surface area (Å²) in [6.45, 7) is 8.17. The number of halogens is 1. The minimum atomic E-state index is -0.232. The largest absolute Gasteiger partial charge is 0.327 e. The first-order valence-electron chi connectivity index (χ1n) is 6.34. The summed E-state index contributed by atoms with van der Waals surface area (Å²) in [7, 11) is 0. The van der Waals surface area contributed by atoms with Crippen LogP contribution in [0.1, 0.15) is 45.5 Å². The number of hydrogen-bond donors (Lipinski definition) is 1. The SMILES string of the molecule is CC(N)C(C)c1nc2ccc(F)cc2n1C(C)C. The molecule has 0 spiro atoms. The van der Waals surface area contributed by atoms with Crippen molar-refractivity contribution >= 4 is 11.0 Å². The maximum atomic E-state index is 13.4. The van der Waals surface area contributed by atoms with Crippen LogP contribution in [0.25, 0.3) is 11.0 Å². The maximum absolute atomic E-state index is 13.4. The molecule has 3 nitrogen and oxygen atoms in total. The topological polar surface area (TPSA) is 43.8 Å². The monoisotopic (exact) mass is 249 g/mol. The molecule has 1 heterocycles. The van der Waals surface area contributed by atoms with Gasteiger partial charge in [0.1, 0.15) is 11.6 Å². The summed E-state index contributed by atoms with van der Waals surface area (Å²) in [5.41, 5.74) is 7.63. The van der Waals surface area contributed by atoms with Crippen molar-refractivity contribution in [2.45, 2.75) is 45.7 Å². The van der Waals surface area contributed by atoms with E-state index in [1.54, 1.807) is 12.1 Å². The third-order valence-corrected chi connectivity index (χ3v) is 3.39. The van der Waals surface area contributed by atoms with Gasteiger partial charge >= 0.3 is 0 Å². The smallest absolute Gasteiger partial charge is 0.125 e. The molecule has 0 radical (unpaired) electrons. The zero-order valence-electron chi connectivity index (χ0n) is 11.3. The fourth-order valence-electron chi connectivity index (χ4n) is 2.18. The molecule has 0 amide bonds. The molecule has 0 aliphatic rings. The summed E-state index contributed by atoms with van der Waals surface area (Å²) in [6, 6.07) is 4.96. The summed E-state index contributed by atoms with van der Waals surface area (Å²) in [5, 5.41) is 0. The molecule has 0 saturated carbocycles. The van der Waals surface area contributed by atoms with E-state index in [0.29, 0.717) is 0 Å². The maximum Gasteiger partial charge on any atom is 0.125 e. The van der Waals surface area contributed by atoms with Gasteiger partial charge in [-0.1, -0.05) is 6.92 Å². The van der Waals surface area contributed by atoms with Crippen molar-refractivity contribution in [1.29, 1.82) is 0 Å². The van der Waals surface area contributed by atoms with Crippen molar-refractivity contribution < 1.29 is 4.39 Å². The minimum Gasteiger partial charge on any atom is -0.327 e. The van der Waals surface area contributed by atoms with E-state index in [1.807, 2.05) is 6.92 Å². The molecular formula is C14H20FN3. The van der Waals surface area contributed by atoms with Crippen LogP contribution < -0.4 is 5.73 Å². The molecule has 2 rings (SSSR count). The highest BCUT2D eigenvalue weighted by Crippen LogP contribution is 2.27. The molecular weight excluding hydrogens is 229 g/mol. The first-order chi connectivity index (χ1) is 8.41. The van der Waals surface area contributed by atoms with Gasteiger partial charge in [-0.2, -0.15) is 0 Å². The quantitative estimate of drug-likeness (QED) is 0.907. The van der Waals surface area contributed by atoms with Crippen LogP contribution in [-0.2, 0) is 0 Å². The highest BCUT2D eigenvalue weighted by Gasteiger charge is 2.21. The lowest BCUT2D eigenvalue weighted by molar-refractivity contribution is 0.511. The molecule has 1 aromatic carbocycles. The molecule has 18 heavy (non-hydrogen) atoms. The first kappa shape index (κ1) is 13.0. The highest BCUT2D eigenvalue weighted by molar-refractivity contribution is 5.76. The van der Waals surface area contributed by atoms with Crippen LogP contribution in [0.4, 0.5) is 4.39 Å². The lowest BCUT2D eigenvalue weighted by atomic mass is 10.0. The van der Waals surface area contributed by atoms with Gasteiger partial charge in [0.15, 0.2) is 0 Å². The average molecular weight is 249 g/mol. The van der Waals surface area contributed by atoms with Gasteiger partial charge in [0.2, 0.25) is 0 Å². The van der Waals surface area contributed by atoms with E-state index in [4.69, 9.17) is 5.73 Å². The van der Waals surface area contributed by atoms with Crippen molar-refractivity contribution in [3.8, 4) is 0 Å². The number of aromatic nitrogens is 2. The number of nitrogens with zero attached hydrogens (tertiary/aromatic N) is 2. The third-order valence-electron chi connectivity index (χ3n) is 3.39. The van der Waals surface area contributed by atoms with Crippen molar-refractivity contribution in [3.63, 3.8) is 0 Å². The van der Waals surface area contributed by atoms with Gasteiger partial charge in [0.25, 0.3) is 0 Å². The van der Waals surface area contributed by atoms with Crippen LogP contribution in [-0.4, -0.2) is 15.6 Å². The predicted octanol–water partition coefficient (Wildman–Crippen LogP) is 3.21. The standard InChI is InChI=1S/C14H20FN3/c1-8(2)18-13-7-11(15)5-6-12(13)17-14(18)9(3)10(4)16/h5-10H,16H2,1-4H3. The van der Waals surface area contributed by atoms with Crippen LogP contribution in [0.5, 0.6) is 0 Å². The molecule has 0 bridgehead atoms. The molecule has 2 atom stereocenters. The Labute approximate surface area is 107 Å². The van der Waals surface area contributed by atoms with E-state index in [-0.39, 0.29) is 23.8 Å². The Morgan fingerprint density at radius 1 is 1.22 bits per heavy atom. The first-order valence-corrected chi connectivity index (χ1v) is 6.34. The summed E-state index contributed by atoms with van der Waals surface area (Å²) in [5.74, 6) is 0.841. The molecule has 2 N–H and O–H groups in total. The van der Waals surface area contributed by atoms with Crippen LogP contribution in [0.3, 0.4) is 0 Å². The molecule has 98 valence electrons. The number of rotatable bonds is 3. The van der Waals surface area contributed by atoms with Crippen molar-refractivity contribution in [2.75, 3.05) is 0 Å². The van der Waals surface area contributed by atoms with Crippen molar-refractivity contribution in [2.24, 2.45) is 5.73 Å². The third kappa shape index (κ3) is 2.12. The second kappa shape index (κ2) is 4.69. The van der Waals surface area contributed by atoms with Gasteiger partial charge in [-0.3, -0.25) is 0 Å². The summed E-state index contributed by atoms with van der Waals surface area (Å²) < 4.78 is 15.5. The van der Waals surface area contributed by atoms with E-state index in [2.05, 4.69) is 30.3 Å². The van der Waals surface area contributed by atoms with Crippen LogP contribution >= 0.6 is 0 Å². The van der Waals surface area contributed by atoms with Gasteiger partial charge in [0, 0.05) is 18.0 Å². The Hall–Kier alpha value is -1.42. The fraction of sp³-hybridized carbons (Fsp3) is 0.500.